The van der Waals surface area contributed by atoms with Crippen molar-refractivity contribution in [2.75, 3.05) is 13.7 Å². The molecule has 4 heteroatoms. The Morgan fingerprint density at radius 1 is 1.43 bits per heavy atom. The lowest BCUT2D eigenvalue weighted by Gasteiger charge is -2.41. The van der Waals surface area contributed by atoms with Crippen LogP contribution < -0.4 is 5.32 Å². The molecular weight excluding hydrogens is 180 g/mol. The number of nitrogens with zero attached hydrogens (tertiary/aromatic N) is 1. The molecule has 0 aliphatic carbocycles. The van der Waals surface area contributed by atoms with Crippen molar-refractivity contribution in [2.24, 2.45) is 0 Å². The second-order valence-electron chi connectivity index (χ2n) is 4.94. The van der Waals surface area contributed by atoms with Crippen LogP contribution in [0, 0.1) is 0 Å². The summed E-state index contributed by atoms with van der Waals surface area (Å²) in [7, 11) is 2.20. The number of carbonyl (C=O) groups excluding carboxylic acids is 1. The zero-order valence-electron chi connectivity index (χ0n) is 8.45. The third-order valence-corrected chi connectivity index (χ3v) is 4.08. The van der Waals surface area contributed by atoms with E-state index in [0.717, 1.165) is 12.8 Å². The number of piperidine rings is 1. The van der Waals surface area contributed by atoms with Crippen LogP contribution in [0.25, 0.3) is 0 Å². The summed E-state index contributed by atoms with van der Waals surface area (Å²) in [5.41, 5.74) is -0.0323. The molecule has 14 heavy (non-hydrogen) atoms. The van der Waals surface area contributed by atoms with Gasteiger partial charge in [-0.3, -0.25) is 0 Å². The monoisotopic (exact) mass is 196 g/mol. The second kappa shape index (κ2) is 2.63. The van der Waals surface area contributed by atoms with Crippen molar-refractivity contribution in [3.05, 3.63) is 0 Å². The summed E-state index contributed by atoms with van der Waals surface area (Å²) in [5.74, 6) is 0. The molecule has 78 valence electrons. The Morgan fingerprint density at radius 2 is 2.07 bits per heavy atom. The zero-order valence-corrected chi connectivity index (χ0v) is 8.45. The Labute approximate surface area is 83.6 Å². The number of carbonyl (C=O) groups is 1. The lowest BCUT2D eigenvalue weighted by Crippen LogP contribution is -2.55. The van der Waals surface area contributed by atoms with Crippen LogP contribution in [0.1, 0.15) is 25.7 Å². The molecule has 0 radical (unpaired) electrons. The van der Waals surface area contributed by atoms with E-state index >= 15 is 0 Å². The SMILES string of the molecule is CN1C2CCC1CC1(COC(=O)N1)C2. The third-order valence-electron chi connectivity index (χ3n) is 4.08. The van der Waals surface area contributed by atoms with E-state index in [4.69, 9.17) is 4.74 Å². The molecule has 3 rings (SSSR count). The van der Waals surface area contributed by atoms with Gasteiger partial charge in [-0.15, -0.1) is 0 Å². The minimum atomic E-state index is -0.228. The summed E-state index contributed by atoms with van der Waals surface area (Å²) in [6.45, 7) is 0.576. The number of nitrogens with one attached hydrogen (secondary N) is 1. The van der Waals surface area contributed by atoms with Crippen LogP contribution >= 0.6 is 0 Å². The molecule has 3 saturated heterocycles. The predicted octanol–water partition coefficient (Wildman–Crippen LogP) is 0.722. The fraction of sp³-hybridized carbons (Fsp3) is 0.900. The van der Waals surface area contributed by atoms with Crippen molar-refractivity contribution >= 4 is 6.09 Å². The number of ether oxygens (including phenoxy) is 1. The number of rotatable bonds is 0. The molecule has 1 N–H and O–H groups in total. The predicted molar refractivity (Wildman–Crippen MR) is 51.0 cm³/mol. The summed E-state index contributed by atoms with van der Waals surface area (Å²) in [6, 6.07) is 1.30. The smallest absolute Gasteiger partial charge is 0.407 e. The highest BCUT2D eigenvalue weighted by atomic mass is 16.6. The number of hydrogen-bond donors (Lipinski definition) is 1. The van der Waals surface area contributed by atoms with Crippen molar-refractivity contribution < 1.29 is 9.53 Å². The van der Waals surface area contributed by atoms with Gasteiger partial charge in [0, 0.05) is 12.1 Å². The Morgan fingerprint density at radius 3 is 2.57 bits per heavy atom. The highest BCUT2D eigenvalue weighted by molar-refractivity contribution is 5.70. The van der Waals surface area contributed by atoms with E-state index in [2.05, 4.69) is 17.3 Å². The molecule has 3 fully saturated rings. The first kappa shape index (κ1) is 8.53. The van der Waals surface area contributed by atoms with Gasteiger partial charge in [-0.2, -0.15) is 0 Å². The normalized spacial score (nSPS) is 46.8. The van der Waals surface area contributed by atoms with Gasteiger partial charge in [0.15, 0.2) is 0 Å². The van der Waals surface area contributed by atoms with Gasteiger partial charge < -0.3 is 15.0 Å². The quantitative estimate of drug-likeness (QED) is 0.620. The van der Waals surface area contributed by atoms with Crippen molar-refractivity contribution in [1.82, 2.24) is 10.2 Å². The lowest BCUT2D eigenvalue weighted by molar-refractivity contribution is 0.0906. The molecule has 1 amide bonds. The Kier molecular flexibility index (Phi) is 1.60. The highest BCUT2D eigenvalue weighted by Gasteiger charge is 2.50. The first-order chi connectivity index (χ1) is 6.69. The van der Waals surface area contributed by atoms with Crippen LogP contribution in [0.2, 0.25) is 0 Å². The van der Waals surface area contributed by atoms with Gasteiger partial charge >= 0.3 is 6.09 Å². The minimum absolute atomic E-state index is 0.0323. The van der Waals surface area contributed by atoms with Gasteiger partial charge in [0.25, 0.3) is 0 Å². The zero-order chi connectivity index (χ0) is 9.76. The Balaban J connectivity index is 1.82. The van der Waals surface area contributed by atoms with Crippen molar-refractivity contribution in [2.45, 2.75) is 43.3 Å². The van der Waals surface area contributed by atoms with Crippen molar-refractivity contribution in [3.63, 3.8) is 0 Å². The molecule has 0 aromatic carbocycles. The average Bonchev–Trinajstić information content (AvgIpc) is 2.58. The molecule has 0 saturated carbocycles. The summed E-state index contributed by atoms with van der Waals surface area (Å²) in [4.78, 5) is 13.6. The van der Waals surface area contributed by atoms with E-state index in [1.54, 1.807) is 0 Å². The van der Waals surface area contributed by atoms with E-state index in [1.165, 1.54) is 12.8 Å². The maximum Gasteiger partial charge on any atom is 0.407 e. The van der Waals surface area contributed by atoms with Gasteiger partial charge in [-0.1, -0.05) is 0 Å². The largest absolute Gasteiger partial charge is 0.447 e. The Bertz CT molecular complexity index is 265. The summed E-state index contributed by atoms with van der Waals surface area (Å²) in [5, 5.41) is 3.00. The lowest BCUT2D eigenvalue weighted by atomic mass is 9.84. The molecule has 2 bridgehead atoms. The molecular formula is C10H16N2O2. The van der Waals surface area contributed by atoms with Gasteiger partial charge in [0.2, 0.25) is 0 Å². The van der Waals surface area contributed by atoms with Crippen LogP contribution in [-0.4, -0.2) is 42.3 Å². The standard InChI is InChI=1S/C10H16N2O2/c1-12-7-2-3-8(12)5-10(4-7)6-14-9(13)11-10/h7-8H,2-6H2,1H3,(H,11,13). The van der Waals surface area contributed by atoms with Crippen molar-refractivity contribution in [3.8, 4) is 0 Å². The van der Waals surface area contributed by atoms with E-state index in [0.29, 0.717) is 18.7 Å². The summed E-state index contributed by atoms with van der Waals surface area (Å²) < 4.78 is 5.04. The maximum atomic E-state index is 11.1. The molecule has 0 aromatic rings. The molecule has 2 unspecified atom stereocenters. The van der Waals surface area contributed by atoms with E-state index in [-0.39, 0.29) is 11.6 Å². The topological polar surface area (TPSA) is 41.6 Å². The molecule has 2 atom stereocenters. The first-order valence-corrected chi connectivity index (χ1v) is 5.35. The van der Waals surface area contributed by atoms with Gasteiger partial charge in [0.1, 0.15) is 6.61 Å². The van der Waals surface area contributed by atoms with Gasteiger partial charge in [-0.05, 0) is 32.7 Å². The van der Waals surface area contributed by atoms with Gasteiger partial charge in [-0.25, -0.2) is 4.79 Å². The van der Waals surface area contributed by atoms with Crippen LogP contribution in [0.15, 0.2) is 0 Å². The van der Waals surface area contributed by atoms with Crippen molar-refractivity contribution in [1.29, 1.82) is 0 Å². The number of cyclic esters (lactones) is 1. The van der Waals surface area contributed by atoms with Gasteiger partial charge in [0.05, 0.1) is 5.54 Å². The number of hydrogen-bond acceptors (Lipinski definition) is 3. The van der Waals surface area contributed by atoms with Crippen LogP contribution in [0.3, 0.4) is 0 Å². The fourth-order valence-electron chi connectivity index (χ4n) is 3.28. The van der Waals surface area contributed by atoms with E-state index in [1.807, 2.05) is 0 Å². The van der Waals surface area contributed by atoms with E-state index in [9.17, 15) is 4.79 Å². The number of fused-ring (bicyclic) bond motifs is 2. The molecule has 1 spiro atoms. The first-order valence-electron chi connectivity index (χ1n) is 5.35. The molecule has 3 heterocycles. The second-order valence-corrected chi connectivity index (χ2v) is 4.94. The Hall–Kier alpha value is -0.770. The maximum absolute atomic E-state index is 11.1. The van der Waals surface area contributed by atoms with Crippen LogP contribution in [0.4, 0.5) is 4.79 Å². The van der Waals surface area contributed by atoms with E-state index < -0.39 is 0 Å². The van der Waals surface area contributed by atoms with Crippen LogP contribution in [-0.2, 0) is 4.74 Å². The molecule has 3 aliphatic heterocycles. The summed E-state index contributed by atoms with van der Waals surface area (Å²) in [6.07, 6.45) is 4.45. The molecule has 4 nitrogen and oxygen atoms in total. The number of alkyl carbamates (subject to hydrolysis) is 1. The molecule has 3 aliphatic rings. The number of amides is 1. The third kappa shape index (κ3) is 1.06. The van der Waals surface area contributed by atoms with Crippen LogP contribution in [0.5, 0.6) is 0 Å². The summed E-state index contributed by atoms with van der Waals surface area (Å²) >= 11 is 0. The fourth-order valence-corrected chi connectivity index (χ4v) is 3.28. The molecule has 0 aromatic heterocycles. The average molecular weight is 196 g/mol. The highest BCUT2D eigenvalue weighted by Crippen LogP contribution is 2.41. The minimum Gasteiger partial charge on any atom is -0.447 e.